The van der Waals surface area contributed by atoms with Crippen LogP contribution in [0.15, 0.2) is 133 Å². The van der Waals surface area contributed by atoms with Gasteiger partial charge in [-0.25, -0.2) is 4.79 Å². The molecule has 1 aliphatic rings. The Balaban J connectivity index is 1.50. The Morgan fingerprint density at radius 2 is 1.07 bits per heavy atom. The van der Waals surface area contributed by atoms with Crippen LogP contribution in [-0.4, -0.2) is 43.6 Å². The van der Waals surface area contributed by atoms with Crippen molar-refractivity contribution in [2.24, 2.45) is 0 Å². The number of esters is 1. The van der Waals surface area contributed by atoms with E-state index >= 15 is 4.39 Å². The molecule has 1 aliphatic heterocycles. The molecule has 0 unspecified atom stereocenters. The summed E-state index contributed by atoms with van der Waals surface area (Å²) >= 11 is 0. The van der Waals surface area contributed by atoms with Gasteiger partial charge < -0.3 is 28.4 Å². The second-order valence-corrected chi connectivity index (χ2v) is 10.8. The molecule has 8 heteroatoms. The van der Waals surface area contributed by atoms with Gasteiger partial charge in [0.15, 0.2) is 11.9 Å². The van der Waals surface area contributed by atoms with Crippen LogP contribution in [0.5, 0.6) is 0 Å². The minimum Gasteiger partial charge on any atom is -0.483 e. The van der Waals surface area contributed by atoms with Crippen molar-refractivity contribution in [3.8, 4) is 0 Å². The summed E-state index contributed by atoms with van der Waals surface area (Å²) in [6, 6.07) is 38.5. The molecule has 4 atom stereocenters. The fourth-order valence-electron chi connectivity index (χ4n) is 5.15. The normalized spacial score (nSPS) is 20.5. The molecule has 240 valence electrons. The molecule has 0 aliphatic carbocycles. The fraction of sp³-hybridized carbons (Fsp3) is 0.289. The first kappa shape index (κ1) is 33.0. The predicted octanol–water partition coefficient (Wildman–Crippen LogP) is 7.10. The molecule has 5 rings (SSSR count). The molecular formula is C38H39FO7. The van der Waals surface area contributed by atoms with Crippen LogP contribution in [0.3, 0.4) is 0 Å². The third-order valence-corrected chi connectivity index (χ3v) is 7.43. The molecule has 1 fully saturated rings. The van der Waals surface area contributed by atoms with Crippen molar-refractivity contribution in [3.63, 3.8) is 0 Å². The van der Waals surface area contributed by atoms with Gasteiger partial charge in [-0.3, -0.25) is 0 Å². The molecule has 0 spiro atoms. The zero-order valence-corrected chi connectivity index (χ0v) is 25.8. The van der Waals surface area contributed by atoms with E-state index in [1.165, 1.54) is 0 Å². The Morgan fingerprint density at radius 3 is 1.54 bits per heavy atom. The van der Waals surface area contributed by atoms with Crippen molar-refractivity contribution in [3.05, 3.63) is 155 Å². The molecule has 0 bridgehead atoms. The quantitative estimate of drug-likeness (QED) is 0.103. The lowest BCUT2D eigenvalue weighted by molar-refractivity contribution is -0.225. The molecule has 0 amide bonds. The van der Waals surface area contributed by atoms with Crippen molar-refractivity contribution in [2.45, 2.75) is 57.8 Å². The van der Waals surface area contributed by atoms with Gasteiger partial charge in [0.25, 0.3) is 0 Å². The molecule has 1 saturated heterocycles. The van der Waals surface area contributed by atoms with Gasteiger partial charge in [-0.1, -0.05) is 121 Å². The van der Waals surface area contributed by atoms with Crippen LogP contribution >= 0.6 is 0 Å². The molecule has 1 heterocycles. The largest absolute Gasteiger partial charge is 0.483 e. The van der Waals surface area contributed by atoms with E-state index in [4.69, 9.17) is 28.4 Å². The molecule has 0 radical (unpaired) electrons. The van der Waals surface area contributed by atoms with Crippen molar-refractivity contribution in [2.75, 3.05) is 13.2 Å². The Bertz CT molecular complexity index is 1500. The zero-order valence-electron chi connectivity index (χ0n) is 25.8. The summed E-state index contributed by atoms with van der Waals surface area (Å²) in [5.74, 6) is -2.62. The van der Waals surface area contributed by atoms with Crippen LogP contribution in [0.4, 0.5) is 4.39 Å². The van der Waals surface area contributed by atoms with Gasteiger partial charge in [-0.15, -0.1) is 0 Å². The Kier molecular flexibility index (Phi) is 12.5. The van der Waals surface area contributed by atoms with Crippen LogP contribution in [0, 0.1) is 0 Å². The average Bonchev–Trinajstić information content (AvgIpc) is 3.11. The van der Waals surface area contributed by atoms with Crippen molar-refractivity contribution >= 4 is 5.97 Å². The molecule has 46 heavy (non-hydrogen) atoms. The highest BCUT2D eigenvalue weighted by molar-refractivity contribution is 5.86. The van der Waals surface area contributed by atoms with Crippen molar-refractivity contribution < 1.29 is 37.6 Å². The molecule has 4 aromatic rings. The summed E-state index contributed by atoms with van der Waals surface area (Å²) in [6.07, 6.45) is -3.64. The van der Waals surface area contributed by atoms with Gasteiger partial charge in [0.1, 0.15) is 18.3 Å². The lowest BCUT2D eigenvalue weighted by atomic mass is 9.96. The number of hydrogen-bond donors (Lipinski definition) is 0. The minimum absolute atomic E-state index is 0.00453. The first-order chi connectivity index (χ1) is 22.6. The summed E-state index contributed by atoms with van der Waals surface area (Å²) in [4.78, 5) is 12.8. The SMILES string of the molecule is CCOC(=O)C(F)=C1O[C@H](COCc2ccccc2)[C@@H](OCc2ccccc2)[C@H](OCc2ccccc2)[C@H]1OCc1ccccc1. The lowest BCUT2D eigenvalue weighted by Crippen LogP contribution is -2.56. The van der Waals surface area contributed by atoms with E-state index in [0.717, 1.165) is 22.3 Å². The third kappa shape index (κ3) is 9.34. The summed E-state index contributed by atoms with van der Waals surface area (Å²) in [6.45, 7) is 2.48. The number of carbonyl (C=O) groups is 1. The number of benzene rings is 4. The van der Waals surface area contributed by atoms with Crippen LogP contribution in [0.2, 0.25) is 0 Å². The maximum absolute atomic E-state index is 16.0. The minimum atomic E-state index is -1.18. The Morgan fingerprint density at radius 1 is 0.630 bits per heavy atom. The van der Waals surface area contributed by atoms with Crippen molar-refractivity contribution in [1.29, 1.82) is 0 Å². The van der Waals surface area contributed by atoms with Crippen LogP contribution in [0.25, 0.3) is 0 Å². The summed E-state index contributed by atoms with van der Waals surface area (Å²) in [5.41, 5.74) is 3.67. The van der Waals surface area contributed by atoms with Gasteiger partial charge >= 0.3 is 5.97 Å². The van der Waals surface area contributed by atoms with E-state index in [1.807, 2.05) is 121 Å². The zero-order chi connectivity index (χ0) is 32.0. The number of carbonyl (C=O) groups excluding carboxylic acids is 1. The van der Waals surface area contributed by atoms with E-state index in [1.54, 1.807) is 6.92 Å². The second kappa shape index (κ2) is 17.4. The number of rotatable bonds is 15. The van der Waals surface area contributed by atoms with Gasteiger partial charge in [-0.05, 0) is 29.2 Å². The molecule has 0 N–H and O–H groups in total. The van der Waals surface area contributed by atoms with E-state index in [-0.39, 0.29) is 38.8 Å². The van der Waals surface area contributed by atoms with Gasteiger partial charge in [-0.2, -0.15) is 4.39 Å². The molecule has 7 nitrogen and oxygen atoms in total. The number of hydrogen-bond acceptors (Lipinski definition) is 7. The Labute approximate surface area is 269 Å². The second-order valence-electron chi connectivity index (χ2n) is 10.8. The van der Waals surface area contributed by atoms with E-state index < -0.39 is 36.2 Å². The smallest absolute Gasteiger partial charge is 0.370 e. The molecule has 4 aromatic carbocycles. The average molecular weight is 627 g/mol. The van der Waals surface area contributed by atoms with Crippen molar-refractivity contribution in [1.82, 2.24) is 0 Å². The summed E-state index contributed by atoms with van der Waals surface area (Å²) in [7, 11) is 0. The lowest BCUT2D eigenvalue weighted by Gasteiger charge is -2.43. The molecule has 0 saturated carbocycles. The fourth-order valence-corrected chi connectivity index (χ4v) is 5.15. The summed E-state index contributed by atoms with van der Waals surface area (Å²) < 4.78 is 52.8. The van der Waals surface area contributed by atoms with E-state index in [0.29, 0.717) is 6.61 Å². The van der Waals surface area contributed by atoms with Gasteiger partial charge in [0, 0.05) is 0 Å². The highest BCUT2D eigenvalue weighted by Gasteiger charge is 2.49. The Hall–Kier alpha value is -4.34. The third-order valence-electron chi connectivity index (χ3n) is 7.43. The number of ether oxygens (including phenoxy) is 6. The summed E-state index contributed by atoms with van der Waals surface area (Å²) in [5, 5.41) is 0. The highest BCUT2D eigenvalue weighted by atomic mass is 19.1. The van der Waals surface area contributed by atoms with E-state index in [9.17, 15) is 4.79 Å². The maximum Gasteiger partial charge on any atom is 0.370 e. The van der Waals surface area contributed by atoms with Gasteiger partial charge in [0.05, 0.1) is 39.6 Å². The molecule has 0 aromatic heterocycles. The molecular weight excluding hydrogens is 587 g/mol. The predicted molar refractivity (Wildman–Crippen MR) is 171 cm³/mol. The van der Waals surface area contributed by atoms with E-state index in [2.05, 4.69) is 0 Å². The van der Waals surface area contributed by atoms with Crippen LogP contribution in [-0.2, 0) is 59.6 Å². The monoisotopic (exact) mass is 626 g/mol. The van der Waals surface area contributed by atoms with Gasteiger partial charge in [0.2, 0.25) is 5.83 Å². The first-order valence-electron chi connectivity index (χ1n) is 15.4. The van der Waals surface area contributed by atoms with Crippen LogP contribution < -0.4 is 0 Å². The number of halogens is 1. The standard InChI is InChI=1S/C38H39FO7/c1-2-42-38(40)33(39)35-37(45-26-31-21-13-6-14-22-31)36(44-25-30-19-11-5-12-20-30)34(43-24-29-17-9-4-10-18-29)32(46-35)27-41-23-28-15-7-3-8-16-28/h3-22,32,34,36-37H,2,23-27H2,1H3/t32-,34-,36+,37+/m1/s1. The first-order valence-corrected chi connectivity index (χ1v) is 15.4. The topological polar surface area (TPSA) is 72.5 Å². The maximum atomic E-state index is 16.0. The van der Waals surface area contributed by atoms with Crippen LogP contribution in [0.1, 0.15) is 29.2 Å². The highest BCUT2D eigenvalue weighted by Crippen LogP contribution is 2.35.